The van der Waals surface area contributed by atoms with Crippen molar-refractivity contribution in [3.05, 3.63) is 48.5 Å². The maximum Gasteiger partial charge on any atom is 0.143 e. The maximum absolute atomic E-state index is 4.34. The van der Waals surface area contributed by atoms with Crippen LogP contribution in [0.3, 0.4) is 0 Å². The zero-order chi connectivity index (χ0) is 16.5. The van der Waals surface area contributed by atoms with Gasteiger partial charge in [-0.15, -0.1) is 5.10 Å². The molecule has 0 bridgehead atoms. The maximum atomic E-state index is 4.34. The number of rotatable bonds is 4. The van der Waals surface area contributed by atoms with Gasteiger partial charge in [0.1, 0.15) is 24.1 Å². The first-order valence-corrected chi connectivity index (χ1v) is 7.52. The molecule has 8 nitrogen and oxygen atoms in total. The second-order valence-electron chi connectivity index (χ2n) is 5.74. The molecule has 0 aliphatic rings. The summed E-state index contributed by atoms with van der Waals surface area (Å²) in [6, 6.07) is 10.4. The van der Waals surface area contributed by atoms with E-state index < -0.39 is 0 Å². The van der Waals surface area contributed by atoms with Gasteiger partial charge in [0, 0.05) is 19.8 Å². The van der Waals surface area contributed by atoms with Crippen LogP contribution < -0.4 is 4.90 Å². The van der Waals surface area contributed by atoms with Crippen LogP contribution in [-0.2, 0) is 6.54 Å². The molecule has 0 aliphatic heterocycles. The van der Waals surface area contributed by atoms with Crippen LogP contribution >= 0.6 is 0 Å². The number of nitrogens with zero attached hydrogens (tertiary/aromatic N) is 7. The van der Waals surface area contributed by atoms with Crippen LogP contribution in [0.25, 0.3) is 22.3 Å². The summed E-state index contributed by atoms with van der Waals surface area (Å²) in [5, 5.41) is 12.2. The van der Waals surface area contributed by atoms with Crippen LogP contribution in [0.5, 0.6) is 0 Å². The Hall–Kier alpha value is -3.29. The molecule has 0 saturated heterocycles. The molecule has 8 heteroatoms. The Morgan fingerprint density at radius 3 is 2.67 bits per heavy atom. The molecule has 0 fully saturated rings. The third kappa shape index (κ3) is 2.58. The van der Waals surface area contributed by atoms with E-state index in [-0.39, 0.29) is 0 Å². The summed E-state index contributed by atoms with van der Waals surface area (Å²) in [4.78, 5) is 14.0. The molecule has 4 aromatic rings. The number of hydrogen-bond donors (Lipinski definition) is 1. The van der Waals surface area contributed by atoms with Crippen molar-refractivity contribution in [2.24, 2.45) is 0 Å². The molecule has 0 amide bonds. The lowest BCUT2D eigenvalue weighted by Crippen LogP contribution is -2.10. The summed E-state index contributed by atoms with van der Waals surface area (Å²) in [5.74, 6) is 0.901. The topological polar surface area (TPSA) is 88.4 Å². The van der Waals surface area contributed by atoms with E-state index in [1.54, 1.807) is 17.3 Å². The minimum absolute atomic E-state index is 0.649. The molecule has 0 saturated carbocycles. The van der Waals surface area contributed by atoms with Crippen LogP contribution in [0.1, 0.15) is 5.56 Å². The lowest BCUT2D eigenvalue weighted by Gasteiger charge is -2.10. The number of tetrazole rings is 1. The van der Waals surface area contributed by atoms with E-state index in [1.807, 2.05) is 19.0 Å². The summed E-state index contributed by atoms with van der Waals surface area (Å²) in [6.45, 7) is 0.649. The van der Waals surface area contributed by atoms with Gasteiger partial charge in [-0.1, -0.05) is 24.3 Å². The van der Waals surface area contributed by atoms with Crippen molar-refractivity contribution in [1.29, 1.82) is 0 Å². The standard InChI is InChI=1S/C16H16N8/c1-23(2)16-13-7-14(20-15(13)17-9-18-16)12-5-3-11(4-6-12)8-24-10-19-21-22-24/h3-7,9-10H,8H2,1-2H3,(H,17,18,20). The molecule has 4 rings (SSSR count). The van der Waals surface area contributed by atoms with Gasteiger partial charge in [0.25, 0.3) is 0 Å². The van der Waals surface area contributed by atoms with Gasteiger partial charge in [-0.05, 0) is 27.6 Å². The Kier molecular flexibility index (Phi) is 3.42. The predicted octanol–water partition coefficient (Wildman–Crippen LogP) is 1.73. The predicted molar refractivity (Wildman–Crippen MR) is 90.6 cm³/mol. The molecule has 120 valence electrons. The summed E-state index contributed by atoms with van der Waals surface area (Å²) in [6.07, 6.45) is 3.18. The molecule has 1 N–H and O–H groups in total. The van der Waals surface area contributed by atoms with Gasteiger partial charge >= 0.3 is 0 Å². The lowest BCUT2D eigenvalue weighted by atomic mass is 10.1. The van der Waals surface area contributed by atoms with Gasteiger partial charge in [0.05, 0.1) is 11.9 Å². The fourth-order valence-electron chi connectivity index (χ4n) is 2.67. The molecule has 0 aliphatic carbocycles. The third-order valence-corrected chi connectivity index (χ3v) is 3.83. The zero-order valence-corrected chi connectivity index (χ0v) is 13.4. The Labute approximate surface area is 138 Å². The third-order valence-electron chi connectivity index (χ3n) is 3.83. The molecule has 3 heterocycles. The number of aromatic nitrogens is 7. The number of aromatic amines is 1. The highest BCUT2D eigenvalue weighted by Gasteiger charge is 2.10. The lowest BCUT2D eigenvalue weighted by molar-refractivity contribution is 0.648. The van der Waals surface area contributed by atoms with E-state index in [1.165, 1.54) is 0 Å². The first-order valence-electron chi connectivity index (χ1n) is 7.52. The average Bonchev–Trinajstić information content (AvgIpc) is 3.24. The van der Waals surface area contributed by atoms with E-state index in [0.29, 0.717) is 6.54 Å². The molecule has 24 heavy (non-hydrogen) atoms. The Balaban J connectivity index is 1.66. The highest BCUT2D eigenvalue weighted by atomic mass is 15.5. The molecular formula is C16H16N8. The normalized spacial score (nSPS) is 11.1. The molecule has 0 atom stereocenters. The van der Waals surface area contributed by atoms with E-state index in [0.717, 1.165) is 33.7 Å². The molecule has 0 radical (unpaired) electrons. The van der Waals surface area contributed by atoms with Crippen molar-refractivity contribution in [2.75, 3.05) is 19.0 Å². The summed E-state index contributed by atoms with van der Waals surface area (Å²) in [7, 11) is 3.95. The van der Waals surface area contributed by atoms with Crippen molar-refractivity contribution in [2.45, 2.75) is 6.54 Å². The van der Waals surface area contributed by atoms with Crippen LogP contribution in [-0.4, -0.2) is 49.3 Å². The average molecular weight is 320 g/mol. The van der Waals surface area contributed by atoms with Crippen LogP contribution in [0.4, 0.5) is 5.82 Å². The van der Waals surface area contributed by atoms with E-state index in [9.17, 15) is 0 Å². The second-order valence-corrected chi connectivity index (χ2v) is 5.74. The molecule has 0 spiro atoms. The Morgan fingerprint density at radius 2 is 1.96 bits per heavy atom. The zero-order valence-electron chi connectivity index (χ0n) is 13.4. The highest BCUT2D eigenvalue weighted by molar-refractivity contribution is 5.91. The molecular weight excluding hydrogens is 304 g/mol. The molecule has 3 aromatic heterocycles. The van der Waals surface area contributed by atoms with E-state index >= 15 is 0 Å². The van der Waals surface area contributed by atoms with Crippen LogP contribution in [0.15, 0.2) is 43.0 Å². The summed E-state index contributed by atoms with van der Waals surface area (Å²) < 4.78 is 1.69. The summed E-state index contributed by atoms with van der Waals surface area (Å²) >= 11 is 0. The molecule has 1 aromatic carbocycles. The summed E-state index contributed by atoms with van der Waals surface area (Å²) in [5.41, 5.74) is 4.08. The number of anilines is 1. The number of fused-ring (bicyclic) bond motifs is 1. The minimum atomic E-state index is 0.649. The fourth-order valence-corrected chi connectivity index (χ4v) is 2.67. The SMILES string of the molecule is CN(C)c1ncnc2[nH]c(-c3ccc(Cn4cnnn4)cc3)cc12. The highest BCUT2D eigenvalue weighted by Crippen LogP contribution is 2.27. The van der Waals surface area contributed by atoms with Crippen LogP contribution in [0.2, 0.25) is 0 Å². The largest absolute Gasteiger partial charge is 0.362 e. The monoisotopic (exact) mass is 320 g/mol. The van der Waals surface area contributed by atoms with Gasteiger partial charge < -0.3 is 9.88 Å². The smallest absolute Gasteiger partial charge is 0.143 e. The van der Waals surface area contributed by atoms with Gasteiger partial charge in [0.2, 0.25) is 0 Å². The Morgan fingerprint density at radius 1 is 1.12 bits per heavy atom. The van der Waals surface area contributed by atoms with Gasteiger partial charge in [-0.2, -0.15) is 0 Å². The minimum Gasteiger partial charge on any atom is -0.362 e. The quantitative estimate of drug-likeness (QED) is 0.616. The van der Waals surface area contributed by atoms with Gasteiger partial charge in [0.15, 0.2) is 0 Å². The second kappa shape index (κ2) is 5.73. The van der Waals surface area contributed by atoms with Crippen molar-refractivity contribution < 1.29 is 0 Å². The molecule has 0 unspecified atom stereocenters. The van der Waals surface area contributed by atoms with Crippen LogP contribution in [0, 0.1) is 0 Å². The van der Waals surface area contributed by atoms with Crippen molar-refractivity contribution in [3.63, 3.8) is 0 Å². The number of benzene rings is 1. The van der Waals surface area contributed by atoms with E-state index in [4.69, 9.17) is 0 Å². The number of hydrogen-bond acceptors (Lipinski definition) is 6. The van der Waals surface area contributed by atoms with Gasteiger partial charge in [-0.3, -0.25) is 0 Å². The first-order chi connectivity index (χ1) is 11.7. The number of H-pyrrole nitrogens is 1. The number of nitrogens with one attached hydrogen (secondary N) is 1. The fraction of sp³-hybridized carbons (Fsp3) is 0.188. The van der Waals surface area contributed by atoms with Crippen molar-refractivity contribution in [1.82, 2.24) is 35.2 Å². The van der Waals surface area contributed by atoms with E-state index in [2.05, 4.69) is 60.8 Å². The van der Waals surface area contributed by atoms with Crippen molar-refractivity contribution >= 4 is 16.9 Å². The van der Waals surface area contributed by atoms with Crippen molar-refractivity contribution in [3.8, 4) is 11.3 Å². The van der Waals surface area contributed by atoms with Gasteiger partial charge in [-0.25, -0.2) is 14.6 Å². The Bertz CT molecular complexity index is 954. The first kappa shape index (κ1) is 14.3.